The van der Waals surface area contributed by atoms with E-state index >= 15 is 0 Å². The number of nitrogens with one attached hydrogen (secondary N) is 1. The molecule has 6 heteroatoms. The van der Waals surface area contributed by atoms with E-state index in [0.717, 1.165) is 37.9 Å². The summed E-state index contributed by atoms with van der Waals surface area (Å²) in [5.41, 5.74) is 6.39. The van der Waals surface area contributed by atoms with Crippen LogP contribution in [0, 0.1) is 5.92 Å². The molecule has 1 aliphatic heterocycles. The van der Waals surface area contributed by atoms with Crippen molar-refractivity contribution >= 4 is 11.8 Å². The van der Waals surface area contributed by atoms with Crippen LogP contribution < -0.4 is 5.73 Å². The smallest absolute Gasteiger partial charge is 0.269 e. The molecular formula is C16H22N4O2. The van der Waals surface area contributed by atoms with E-state index < -0.39 is 5.91 Å². The normalized spacial score (nSPS) is 24.6. The Bertz CT molecular complexity index is 593. The Labute approximate surface area is 129 Å². The van der Waals surface area contributed by atoms with E-state index in [0.29, 0.717) is 18.9 Å². The van der Waals surface area contributed by atoms with Crippen molar-refractivity contribution < 1.29 is 9.59 Å². The van der Waals surface area contributed by atoms with Crippen LogP contribution in [0.1, 0.15) is 54.2 Å². The van der Waals surface area contributed by atoms with E-state index in [1.165, 1.54) is 0 Å². The molecule has 1 saturated heterocycles. The lowest BCUT2D eigenvalue weighted by Gasteiger charge is -2.32. The SMILES string of the molecule is NC(=O)c1cc(C2CCCN(C(=O)CC3C=CCC3)C2)[nH]n1. The van der Waals surface area contributed by atoms with Gasteiger partial charge in [-0.3, -0.25) is 14.7 Å². The van der Waals surface area contributed by atoms with Gasteiger partial charge < -0.3 is 10.6 Å². The molecule has 1 fully saturated rings. The monoisotopic (exact) mass is 302 g/mol. The number of rotatable bonds is 4. The lowest BCUT2D eigenvalue weighted by Crippen LogP contribution is -2.39. The number of likely N-dealkylation sites (tertiary alicyclic amines) is 1. The molecule has 0 bridgehead atoms. The fourth-order valence-electron chi connectivity index (χ4n) is 3.35. The lowest BCUT2D eigenvalue weighted by atomic mass is 9.93. The lowest BCUT2D eigenvalue weighted by molar-refractivity contribution is -0.133. The molecule has 2 atom stereocenters. The summed E-state index contributed by atoms with van der Waals surface area (Å²) < 4.78 is 0. The van der Waals surface area contributed by atoms with Crippen molar-refractivity contribution in [3.63, 3.8) is 0 Å². The summed E-state index contributed by atoms with van der Waals surface area (Å²) in [5, 5.41) is 6.82. The van der Waals surface area contributed by atoms with Crippen molar-refractivity contribution in [2.75, 3.05) is 13.1 Å². The quantitative estimate of drug-likeness (QED) is 0.827. The maximum absolute atomic E-state index is 12.4. The molecule has 1 aliphatic carbocycles. The summed E-state index contributed by atoms with van der Waals surface area (Å²) in [4.78, 5) is 25.5. The van der Waals surface area contributed by atoms with Gasteiger partial charge in [-0.25, -0.2) is 0 Å². The Hall–Kier alpha value is -2.11. The first-order chi connectivity index (χ1) is 10.6. The maximum atomic E-state index is 12.4. The van der Waals surface area contributed by atoms with Crippen molar-refractivity contribution in [1.82, 2.24) is 15.1 Å². The van der Waals surface area contributed by atoms with Crippen LogP contribution >= 0.6 is 0 Å². The zero-order chi connectivity index (χ0) is 15.5. The molecule has 22 heavy (non-hydrogen) atoms. The van der Waals surface area contributed by atoms with Crippen LogP contribution in [0.4, 0.5) is 0 Å². The molecule has 0 aromatic carbocycles. The summed E-state index contributed by atoms with van der Waals surface area (Å²) in [6.45, 7) is 1.51. The summed E-state index contributed by atoms with van der Waals surface area (Å²) in [6, 6.07) is 1.71. The number of piperidine rings is 1. The van der Waals surface area contributed by atoms with Gasteiger partial charge in [0, 0.05) is 31.1 Å². The number of aromatic amines is 1. The van der Waals surface area contributed by atoms with Gasteiger partial charge in [0.25, 0.3) is 5.91 Å². The second kappa shape index (κ2) is 6.34. The van der Waals surface area contributed by atoms with Gasteiger partial charge in [0.2, 0.25) is 5.91 Å². The first-order valence-corrected chi connectivity index (χ1v) is 7.93. The predicted octanol–water partition coefficient (Wildman–Crippen LogP) is 1.57. The number of aromatic nitrogens is 2. The summed E-state index contributed by atoms with van der Waals surface area (Å²) in [7, 11) is 0. The van der Waals surface area contributed by atoms with Gasteiger partial charge in [0.1, 0.15) is 5.69 Å². The number of carbonyl (C=O) groups excluding carboxylic acids is 2. The first kappa shape index (κ1) is 14.8. The van der Waals surface area contributed by atoms with Crippen LogP contribution in [0.15, 0.2) is 18.2 Å². The average Bonchev–Trinajstić information content (AvgIpc) is 3.18. The number of hydrogen-bond acceptors (Lipinski definition) is 3. The number of hydrogen-bond donors (Lipinski definition) is 2. The number of primary amides is 1. The number of H-pyrrole nitrogens is 1. The third kappa shape index (κ3) is 3.21. The second-order valence-electron chi connectivity index (χ2n) is 6.22. The zero-order valence-electron chi connectivity index (χ0n) is 12.6. The number of allylic oxidation sites excluding steroid dienone is 2. The van der Waals surface area contributed by atoms with Crippen LogP contribution in [0.25, 0.3) is 0 Å². The molecule has 1 aromatic heterocycles. The first-order valence-electron chi connectivity index (χ1n) is 7.93. The van der Waals surface area contributed by atoms with Gasteiger partial charge in [-0.05, 0) is 37.7 Å². The van der Waals surface area contributed by atoms with Gasteiger partial charge in [-0.2, -0.15) is 5.10 Å². The average molecular weight is 302 g/mol. The highest BCUT2D eigenvalue weighted by atomic mass is 16.2. The van der Waals surface area contributed by atoms with Crippen LogP contribution in [0.3, 0.4) is 0 Å². The summed E-state index contributed by atoms with van der Waals surface area (Å²) >= 11 is 0. The Morgan fingerprint density at radius 2 is 2.27 bits per heavy atom. The van der Waals surface area contributed by atoms with Crippen LogP contribution in [-0.2, 0) is 4.79 Å². The minimum atomic E-state index is -0.528. The minimum absolute atomic E-state index is 0.206. The van der Waals surface area contributed by atoms with Gasteiger partial charge in [0.15, 0.2) is 0 Å². The highest BCUT2D eigenvalue weighted by molar-refractivity contribution is 5.90. The Kier molecular flexibility index (Phi) is 4.27. The van der Waals surface area contributed by atoms with Crippen molar-refractivity contribution in [2.24, 2.45) is 11.7 Å². The van der Waals surface area contributed by atoms with Crippen molar-refractivity contribution in [2.45, 2.75) is 38.0 Å². The molecule has 1 aromatic rings. The molecule has 6 nitrogen and oxygen atoms in total. The van der Waals surface area contributed by atoms with E-state index in [2.05, 4.69) is 22.3 Å². The molecule has 2 amide bonds. The van der Waals surface area contributed by atoms with Gasteiger partial charge >= 0.3 is 0 Å². The van der Waals surface area contributed by atoms with Crippen molar-refractivity contribution in [3.05, 3.63) is 29.6 Å². The fourth-order valence-corrected chi connectivity index (χ4v) is 3.35. The fraction of sp³-hybridized carbons (Fsp3) is 0.562. The predicted molar refractivity (Wildman–Crippen MR) is 82.1 cm³/mol. The maximum Gasteiger partial charge on any atom is 0.269 e. The van der Waals surface area contributed by atoms with E-state index in [9.17, 15) is 9.59 Å². The number of carbonyl (C=O) groups is 2. The second-order valence-corrected chi connectivity index (χ2v) is 6.22. The molecular weight excluding hydrogens is 280 g/mol. The summed E-state index contributed by atoms with van der Waals surface area (Å²) in [6.07, 6.45) is 9.07. The molecule has 0 spiro atoms. The van der Waals surface area contributed by atoms with Crippen LogP contribution in [0.5, 0.6) is 0 Å². The van der Waals surface area contributed by atoms with E-state index in [1.54, 1.807) is 6.07 Å². The molecule has 3 N–H and O–H groups in total. The highest BCUT2D eigenvalue weighted by Crippen LogP contribution is 2.28. The number of amides is 2. The van der Waals surface area contributed by atoms with Gasteiger partial charge in [-0.1, -0.05) is 12.2 Å². The van der Waals surface area contributed by atoms with Crippen LogP contribution in [0.2, 0.25) is 0 Å². The molecule has 3 rings (SSSR count). The Morgan fingerprint density at radius 3 is 2.95 bits per heavy atom. The van der Waals surface area contributed by atoms with E-state index in [-0.39, 0.29) is 17.5 Å². The van der Waals surface area contributed by atoms with E-state index in [1.807, 2.05) is 4.90 Å². The van der Waals surface area contributed by atoms with Gasteiger partial charge in [-0.15, -0.1) is 0 Å². The molecule has 0 radical (unpaired) electrons. The standard InChI is InChI=1S/C16H22N4O2/c17-16(22)14-9-13(18-19-14)12-6-3-7-20(10-12)15(21)8-11-4-1-2-5-11/h1,4,9,11-12H,2-3,5-8,10H2,(H2,17,22)(H,18,19). The van der Waals surface area contributed by atoms with Crippen LogP contribution in [-0.4, -0.2) is 40.0 Å². The minimum Gasteiger partial charge on any atom is -0.364 e. The molecule has 0 saturated carbocycles. The van der Waals surface area contributed by atoms with Crippen molar-refractivity contribution in [3.8, 4) is 0 Å². The molecule has 2 unspecified atom stereocenters. The topological polar surface area (TPSA) is 92.1 Å². The zero-order valence-corrected chi connectivity index (χ0v) is 12.6. The largest absolute Gasteiger partial charge is 0.364 e. The van der Waals surface area contributed by atoms with E-state index in [4.69, 9.17) is 5.73 Å². The molecule has 2 heterocycles. The highest BCUT2D eigenvalue weighted by Gasteiger charge is 2.27. The summed E-state index contributed by atoms with van der Waals surface area (Å²) in [5.74, 6) is 0.314. The molecule has 118 valence electrons. The number of nitrogens with two attached hydrogens (primary N) is 1. The third-order valence-electron chi connectivity index (χ3n) is 4.61. The molecule has 2 aliphatic rings. The van der Waals surface area contributed by atoms with Gasteiger partial charge in [0.05, 0.1) is 0 Å². The third-order valence-corrected chi connectivity index (χ3v) is 4.61. The Morgan fingerprint density at radius 1 is 1.41 bits per heavy atom. The Balaban J connectivity index is 1.61. The van der Waals surface area contributed by atoms with Crippen molar-refractivity contribution in [1.29, 1.82) is 0 Å². The number of nitrogens with zero attached hydrogens (tertiary/aromatic N) is 2.